The van der Waals surface area contributed by atoms with E-state index in [9.17, 15) is 0 Å². The van der Waals surface area contributed by atoms with Gasteiger partial charge in [-0.3, -0.25) is 4.98 Å². The summed E-state index contributed by atoms with van der Waals surface area (Å²) in [4.78, 5) is 4.01. The quantitative estimate of drug-likeness (QED) is 0.600. The lowest BCUT2D eigenvalue weighted by atomic mass is 10.1. The van der Waals surface area contributed by atoms with E-state index in [2.05, 4.69) is 24.9 Å². The number of rotatable bonds is 1. The molecule has 1 heteroatoms. The normalized spacial score (nSPS) is 8.82. The molecule has 0 aliphatic carbocycles. The number of hydrogen-bond acceptors (Lipinski definition) is 1. The van der Waals surface area contributed by atoms with Crippen LogP contribution in [0, 0.1) is 0 Å². The molecule has 0 N–H and O–H groups in total. The molecule has 0 aliphatic rings. The van der Waals surface area contributed by atoms with Gasteiger partial charge in [-0.05, 0) is 17.5 Å². The molecular formula is C10H17N. The topological polar surface area (TPSA) is 12.9 Å². The Morgan fingerprint density at radius 1 is 1.27 bits per heavy atom. The van der Waals surface area contributed by atoms with Crippen LogP contribution in [0.2, 0.25) is 0 Å². The van der Waals surface area contributed by atoms with Gasteiger partial charge in [-0.2, -0.15) is 0 Å². The van der Waals surface area contributed by atoms with Crippen molar-refractivity contribution in [2.24, 2.45) is 0 Å². The maximum Gasteiger partial charge on any atom is 0.0302 e. The van der Waals surface area contributed by atoms with Crippen molar-refractivity contribution >= 4 is 0 Å². The Kier molecular flexibility index (Phi) is 5.44. The van der Waals surface area contributed by atoms with Crippen LogP contribution >= 0.6 is 0 Å². The first kappa shape index (κ1) is 10.2. The van der Waals surface area contributed by atoms with Crippen LogP contribution in [0.5, 0.6) is 0 Å². The van der Waals surface area contributed by atoms with Crippen LogP contribution in [0.15, 0.2) is 24.5 Å². The fourth-order valence-electron chi connectivity index (χ4n) is 0.717. The molecule has 1 heterocycles. The molecule has 0 radical (unpaired) electrons. The maximum absolute atomic E-state index is 4.01. The van der Waals surface area contributed by atoms with Crippen molar-refractivity contribution in [2.75, 3.05) is 0 Å². The predicted octanol–water partition coefficient (Wildman–Crippen LogP) is 3.23. The summed E-state index contributed by atoms with van der Waals surface area (Å²) in [5, 5.41) is 0. The lowest BCUT2D eigenvalue weighted by Gasteiger charge is -2.00. The Labute approximate surface area is 69.5 Å². The zero-order valence-electron chi connectivity index (χ0n) is 7.83. The molecule has 0 amide bonds. The third-order valence-corrected chi connectivity index (χ3v) is 1.35. The minimum Gasteiger partial charge on any atom is -0.264 e. The van der Waals surface area contributed by atoms with Crippen molar-refractivity contribution in [2.45, 2.75) is 33.6 Å². The van der Waals surface area contributed by atoms with E-state index < -0.39 is 0 Å². The fraction of sp³-hybridized carbons (Fsp3) is 0.500. The summed E-state index contributed by atoms with van der Waals surface area (Å²) in [6.07, 6.45) is 3.70. The average molecular weight is 151 g/mol. The van der Waals surface area contributed by atoms with Crippen LogP contribution in [0.25, 0.3) is 0 Å². The summed E-state index contributed by atoms with van der Waals surface area (Å²) in [5.41, 5.74) is 1.30. The van der Waals surface area contributed by atoms with E-state index in [0.29, 0.717) is 5.92 Å². The third kappa shape index (κ3) is 3.76. The molecule has 1 aromatic heterocycles. The minimum atomic E-state index is 0.596. The Hall–Kier alpha value is -0.850. The molecule has 0 unspecified atom stereocenters. The highest BCUT2D eigenvalue weighted by atomic mass is 14.6. The Morgan fingerprint density at radius 3 is 2.18 bits per heavy atom. The van der Waals surface area contributed by atoms with E-state index in [1.54, 1.807) is 6.20 Å². The molecule has 0 saturated heterocycles. The highest BCUT2D eigenvalue weighted by molar-refractivity contribution is 5.12. The second kappa shape index (κ2) is 5.90. The van der Waals surface area contributed by atoms with E-state index >= 15 is 0 Å². The standard InChI is InChI=1S/C8H11N.C2H6/c1-7(2)8-4-3-5-9-6-8;1-2/h3-7H,1-2H3;1-2H3. The smallest absolute Gasteiger partial charge is 0.0302 e. The minimum absolute atomic E-state index is 0.596. The summed E-state index contributed by atoms with van der Waals surface area (Å²) in [7, 11) is 0. The summed E-state index contributed by atoms with van der Waals surface area (Å²) in [6, 6.07) is 4.06. The van der Waals surface area contributed by atoms with Crippen molar-refractivity contribution in [3.63, 3.8) is 0 Å². The molecule has 1 rings (SSSR count). The molecule has 0 spiro atoms. The van der Waals surface area contributed by atoms with Crippen molar-refractivity contribution < 1.29 is 0 Å². The van der Waals surface area contributed by atoms with Crippen LogP contribution in [-0.4, -0.2) is 4.98 Å². The van der Waals surface area contributed by atoms with Gasteiger partial charge in [0.2, 0.25) is 0 Å². The second-order valence-electron chi connectivity index (χ2n) is 2.44. The molecule has 0 bridgehead atoms. The average Bonchev–Trinajstić information content (AvgIpc) is 2.10. The molecular weight excluding hydrogens is 134 g/mol. The Balaban J connectivity index is 0.000000461. The highest BCUT2D eigenvalue weighted by Crippen LogP contribution is 2.10. The number of nitrogens with zero attached hydrogens (tertiary/aromatic N) is 1. The predicted molar refractivity (Wildman–Crippen MR) is 49.7 cm³/mol. The fourth-order valence-corrected chi connectivity index (χ4v) is 0.717. The van der Waals surface area contributed by atoms with Gasteiger partial charge >= 0.3 is 0 Å². The molecule has 0 fully saturated rings. The van der Waals surface area contributed by atoms with Crippen molar-refractivity contribution in [3.8, 4) is 0 Å². The monoisotopic (exact) mass is 151 g/mol. The van der Waals surface area contributed by atoms with Crippen LogP contribution in [0.3, 0.4) is 0 Å². The summed E-state index contributed by atoms with van der Waals surface area (Å²) in [6.45, 7) is 8.33. The first-order chi connectivity index (χ1) is 5.30. The summed E-state index contributed by atoms with van der Waals surface area (Å²) in [5.74, 6) is 0.596. The number of aromatic nitrogens is 1. The van der Waals surface area contributed by atoms with Gasteiger partial charge in [-0.15, -0.1) is 0 Å². The van der Waals surface area contributed by atoms with Crippen molar-refractivity contribution in [1.82, 2.24) is 4.98 Å². The van der Waals surface area contributed by atoms with E-state index in [4.69, 9.17) is 0 Å². The van der Waals surface area contributed by atoms with Gasteiger partial charge in [0.25, 0.3) is 0 Å². The number of pyridine rings is 1. The van der Waals surface area contributed by atoms with Crippen LogP contribution < -0.4 is 0 Å². The molecule has 0 aliphatic heterocycles. The van der Waals surface area contributed by atoms with Gasteiger partial charge in [-0.25, -0.2) is 0 Å². The van der Waals surface area contributed by atoms with E-state index in [-0.39, 0.29) is 0 Å². The van der Waals surface area contributed by atoms with Crippen molar-refractivity contribution in [1.29, 1.82) is 0 Å². The zero-order valence-corrected chi connectivity index (χ0v) is 7.83. The van der Waals surface area contributed by atoms with Gasteiger partial charge < -0.3 is 0 Å². The lowest BCUT2D eigenvalue weighted by molar-refractivity contribution is 0.858. The van der Waals surface area contributed by atoms with E-state index in [1.807, 2.05) is 26.1 Å². The molecule has 0 saturated carbocycles. The van der Waals surface area contributed by atoms with Gasteiger partial charge in [0.15, 0.2) is 0 Å². The summed E-state index contributed by atoms with van der Waals surface area (Å²) < 4.78 is 0. The lowest BCUT2D eigenvalue weighted by Crippen LogP contribution is -1.85. The van der Waals surface area contributed by atoms with E-state index in [0.717, 1.165) is 0 Å². The molecule has 11 heavy (non-hydrogen) atoms. The maximum atomic E-state index is 4.01. The molecule has 0 atom stereocenters. The first-order valence-electron chi connectivity index (χ1n) is 4.20. The van der Waals surface area contributed by atoms with Crippen molar-refractivity contribution in [3.05, 3.63) is 30.1 Å². The van der Waals surface area contributed by atoms with Crippen LogP contribution in [0.4, 0.5) is 0 Å². The molecule has 0 aromatic carbocycles. The first-order valence-corrected chi connectivity index (χ1v) is 4.20. The SMILES string of the molecule is CC.CC(C)c1cccnc1. The molecule has 1 aromatic rings. The second-order valence-corrected chi connectivity index (χ2v) is 2.44. The molecule has 1 nitrogen and oxygen atoms in total. The Morgan fingerprint density at radius 2 is 1.91 bits per heavy atom. The summed E-state index contributed by atoms with van der Waals surface area (Å²) >= 11 is 0. The van der Waals surface area contributed by atoms with Crippen LogP contribution in [0.1, 0.15) is 39.2 Å². The Bertz CT molecular complexity index is 167. The van der Waals surface area contributed by atoms with Gasteiger partial charge in [-0.1, -0.05) is 33.8 Å². The van der Waals surface area contributed by atoms with Crippen LogP contribution in [-0.2, 0) is 0 Å². The van der Waals surface area contributed by atoms with E-state index in [1.165, 1.54) is 5.56 Å². The third-order valence-electron chi connectivity index (χ3n) is 1.35. The number of hydrogen-bond donors (Lipinski definition) is 0. The largest absolute Gasteiger partial charge is 0.264 e. The zero-order chi connectivity index (χ0) is 8.69. The van der Waals surface area contributed by atoms with Gasteiger partial charge in [0, 0.05) is 12.4 Å². The van der Waals surface area contributed by atoms with Gasteiger partial charge in [0.05, 0.1) is 0 Å². The molecule has 62 valence electrons. The highest BCUT2D eigenvalue weighted by Gasteiger charge is 1.94. The van der Waals surface area contributed by atoms with Gasteiger partial charge in [0.1, 0.15) is 0 Å².